The molecule has 1 aliphatic rings. The van der Waals surface area contributed by atoms with Crippen LogP contribution in [0.15, 0.2) is 24.3 Å². The SMILES string of the molecule is CN(C)C(=O)C[NH+](C)CC(=O)Nc1ccc(N2CCCC2=O)cc1. The van der Waals surface area contributed by atoms with Gasteiger partial charge in [-0.3, -0.25) is 14.4 Å². The lowest BCUT2D eigenvalue weighted by Gasteiger charge is -2.17. The summed E-state index contributed by atoms with van der Waals surface area (Å²) in [7, 11) is 5.20. The molecule has 2 N–H and O–H groups in total. The Labute approximate surface area is 142 Å². The van der Waals surface area contributed by atoms with Crippen LogP contribution >= 0.6 is 0 Å². The Bertz CT molecular complexity index is 613. The molecule has 1 unspecified atom stereocenters. The predicted octanol–water partition coefficient (Wildman–Crippen LogP) is -0.645. The van der Waals surface area contributed by atoms with E-state index in [0.29, 0.717) is 12.1 Å². The van der Waals surface area contributed by atoms with Crippen LogP contribution in [0.4, 0.5) is 11.4 Å². The Morgan fingerprint density at radius 3 is 2.42 bits per heavy atom. The van der Waals surface area contributed by atoms with Gasteiger partial charge in [0.05, 0.1) is 7.05 Å². The molecule has 130 valence electrons. The van der Waals surface area contributed by atoms with E-state index in [1.165, 1.54) is 4.90 Å². The number of carbonyl (C=O) groups is 3. The first-order valence-corrected chi connectivity index (χ1v) is 8.08. The minimum absolute atomic E-state index is 0.0140. The third kappa shape index (κ3) is 4.79. The van der Waals surface area contributed by atoms with E-state index in [-0.39, 0.29) is 30.8 Å². The number of hydrogen-bond donors (Lipinski definition) is 2. The number of nitrogens with one attached hydrogen (secondary N) is 2. The molecule has 1 aromatic rings. The lowest BCUT2D eigenvalue weighted by Crippen LogP contribution is -3.11. The second-order valence-electron chi connectivity index (χ2n) is 6.34. The van der Waals surface area contributed by atoms with Crippen LogP contribution in [0.1, 0.15) is 12.8 Å². The van der Waals surface area contributed by atoms with Crippen LogP contribution in [0.25, 0.3) is 0 Å². The van der Waals surface area contributed by atoms with Crippen molar-refractivity contribution < 1.29 is 19.3 Å². The summed E-state index contributed by atoms with van der Waals surface area (Å²) in [6.45, 7) is 1.24. The number of quaternary nitrogens is 1. The number of amides is 3. The van der Waals surface area contributed by atoms with Crippen molar-refractivity contribution in [3.05, 3.63) is 24.3 Å². The molecule has 24 heavy (non-hydrogen) atoms. The highest BCUT2D eigenvalue weighted by molar-refractivity contribution is 5.96. The third-order valence-electron chi connectivity index (χ3n) is 3.95. The maximum Gasteiger partial charge on any atom is 0.279 e. The zero-order chi connectivity index (χ0) is 17.7. The smallest absolute Gasteiger partial charge is 0.279 e. The van der Waals surface area contributed by atoms with Crippen molar-refractivity contribution in [1.82, 2.24) is 4.90 Å². The van der Waals surface area contributed by atoms with Gasteiger partial charge in [0, 0.05) is 38.4 Å². The average Bonchev–Trinajstić information content (AvgIpc) is 2.93. The summed E-state index contributed by atoms with van der Waals surface area (Å²) in [5.41, 5.74) is 1.54. The minimum Gasteiger partial charge on any atom is -0.344 e. The maximum absolute atomic E-state index is 12.0. The third-order valence-corrected chi connectivity index (χ3v) is 3.95. The summed E-state index contributed by atoms with van der Waals surface area (Å²) in [6.07, 6.45) is 1.48. The van der Waals surface area contributed by atoms with E-state index >= 15 is 0 Å². The van der Waals surface area contributed by atoms with E-state index in [1.807, 2.05) is 19.2 Å². The first-order valence-electron chi connectivity index (χ1n) is 8.08. The summed E-state index contributed by atoms with van der Waals surface area (Å²) in [5.74, 6) is -0.0217. The molecule has 0 spiro atoms. The molecule has 1 heterocycles. The van der Waals surface area contributed by atoms with Gasteiger partial charge < -0.3 is 20.0 Å². The van der Waals surface area contributed by atoms with Gasteiger partial charge in [0.25, 0.3) is 11.8 Å². The van der Waals surface area contributed by atoms with Crippen LogP contribution in [0.3, 0.4) is 0 Å². The fraction of sp³-hybridized carbons (Fsp3) is 0.471. The zero-order valence-corrected chi connectivity index (χ0v) is 14.5. The second-order valence-corrected chi connectivity index (χ2v) is 6.34. The number of anilines is 2. The highest BCUT2D eigenvalue weighted by Crippen LogP contribution is 2.22. The fourth-order valence-electron chi connectivity index (χ4n) is 2.60. The van der Waals surface area contributed by atoms with Crippen molar-refractivity contribution in [2.75, 3.05) is 51.0 Å². The van der Waals surface area contributed by atoms with Gasteiger partial charge in [0.2, 0.25) is 5.91 Å². The van der Waals surface area contributed by atoms with Crippen LogP contribution in [0.2, 0.25) is 0 Å². The lowest BCUT2D eigenvalue weighted by atomic mass is 10.2. The maximum atomic E-state index is 12.0. The predicted molar refractivity (Wildman–Crippen MR) is 92.0 cm³/mol. The van der Waals surface area contributed by atoms with E-state index in [4.69, 9.17) is 0 Å². The normalized spacial score (nSPS) is 15.3. The van der Waals surface area contributed by atoms with Crippen molar-refractivity contribution in [2.45, 2.75) is 12.8 Å². The highest BCUT2D eigenvalue weighted by atomic mass is 16.2. The number of nitrogens with zero attached hydrogens (tertiary/aromatic N) is 2. The molecule has 0 saturated carbocycles. The Morgan fingerprint density at radius 1 is 1.21 bits per heavy atom. The number of likely N-dealkylation sites (N-methyl/N-ethyl adjacent to an activating group) is 2. The molecule has 1 atom stereocenters. The summed E-state index contributed by atoms with van der Waals surface area (Å²) >= 11 is 0. The number of benzene rings is 1. The molecular weight excluding hydrogens is 308 g/mol. The van der Waals surface area contributed by atoms with Crippen LogP contribution in [0, 0.1) is 0 Å². The van der Waals surface area contributed by atoms with Gasteiger partial charge in [-0.1, -0.05) is 0 Å². The van der Waals surface area contributed by atoms with E-state index in [2.05, 4.69) is 5.32 Å². The van der Waals surface area contributed by atoms with Crippen LogP contribution in [-0.4, -0.2) is 63.4 Å². The van der Waals surface area contributed by atoms with E-state index in [0.717, 1.165) is 23.6 Å². The van der Waals surface area contributed by atoms with Gasteiger partial charge in [-0.15, -0.1) is 0 Å². The molecule has 0 aromatic heterocycles. The van der Waals surface area contributed by atoms with E-state index in [1.54, 1.807) is 31.1 Å². The van der Waals surface area contributed by atoms with Crippen molar-refractivity contribution in [1.29, 1.82) is 0 Å². The molecule has 1 fully saturated rings. The highest BCUT2D eigenvalue weighted by Gasteiger charge is 2.21. The minimum atomic E-state index is -0.149. The Hall–Kier alpha value is -2.41. The van der Waals surface area contributed by atoms with Gasteiger partial charge in [-0.25, -0.2) is 0 Å². The van der Waals surface area contributed by atoms with E-state index in [9.17, 15) is 14.4 Å². The molecule has 1 aliphatic heterocycles. The summed E-state index contributed by atoms with van der Waals surface area (Å²) in [5, 5.41) is 2.82. The van der Waals surface area contributed by atoms with Gasteiger partial charge in [-0.2, -0.15) is 0 Å². The lowest BCUT2D eigenvalue weighted by molar-refractivity contribution is -0.862. The summed E-state index contributed by atoms with van der Waals surface area (Å²) < 4.78 is 0. The molecule has 0 bridgehead atoms. The van der Waals surface area contributed by atoms with Crippen molar-refractivity contribution in [2.24, 2.45) is 0 Å². The molecule has 7 nitrogen and oxygen atoms in total. The molecule has 0 aliphatic carbocycles. The number of hydrogen-bond acceptors (Lipinski definition) is 3. The van der Waals surface area contributed by atoms with Gasteiger partial charge in [0.15, 0.2) is 13.1 Å². The van der Waals surface area contributed by atoms with Crippen LogP contribution in [-0.2, 0) is 14.4 Å². The molecule has 0 radical (unpaired) electrons. The zero-order valence-electron chi connectivity index (χ0n) is 14.5. The molecule has 7 heteroatoms. The van der Waals surface area contributed by atoms with Gasteiger partial charge in [0.1, 0.15) is 0 Å². The average molecular weight is 333 g/mol. The molecular formula is C17H25N4O3+. The number of carbonyl (C=O) groups excluding carboxylic acids is 3. The molecule has 1 saturated heterocycles. The van der Waals surface area contributed by atoms with E-state index < -0.39 is 0 Å². The molecule has 2 rings (SSSR count). The quantitative estimate of drug-likeness (QED) is 0.727. The standard InChI is InChI=1S/C17H24N4O3/c1-19(2)17(24)12-20(3)11-15(22)18-13-6-8-14(9-7-13)21-10-4-5-16(21)23/h6-9H,4-5,10-12H2,1-3H3,(H,18,22)/p+1. The van der Waals surface area contributed by atoms with Crippen LogP contribution < -0.4 is 15.1 Å². The van der Waals surface area contributed by atoms with Crippen LogP contribution in [0.5, 0.6) is 0 Å². The topological polar surface area (TPSA) is 74.2 Å². The summed E-state index contributed by atoms with van der Waals surface area (Å²) in [6, 6.07) is 7.26. The number of rotatable bonds is 6. The first-order chi connectivity index (χ1) is 11.4. The Morgan fingerprint density at radius 2 is 1.88 bits per heavy atom. The first kappa shape index (κ1) is 17.9. The van der Waals surface area contributed by atoms with Gasteiger partial charge in [-0.05, 0) is 30.7 Å². The summed E-state index contributed by atoms with van der Waals surface area (Å²) in [4.78, 5) is 39.5. The van der Waals surface area contributed by atoms with Crippen molar-refractivity contribution >= 4 is 29.1 Å². The monoisotopic (exact) mass is 333 g/mol. The molecule has 1 aromatic carbocycles. The largest absolute Gasteiger partial charge is 0.344 e. The Balaban J connectivity index is 1.85. The Kier molecular flexibility index (Phi) is 5.92. The van der Waals surface area contributed by atoms with Crippen molar-refractivity contribution in [3.8, 4) is 0 Å². The molecule has 3 amide bonds. The second kappa shape index (κ2) is 7.92. The fourth-order valence-corrected chi connectivity index (χ4v) is 2.60. The van der Waals surface area contributed by atoms with Gasteiger partial charge >= 0.3 is 0 Å². The van der Waals surface area contributed by atoms with Crippen molar-refractivity contribution in [3.63, 3.8) is 0 Å².